The van der Waals surface area contributed by atoms with Gasteiger partial charge in [-0.3, -0.25) is 0 Å². The molecule has 0 fully saturated rings. The molecule has 5 rings (SSSR count). The molecule has 0 saturated carbocycles. The van der Waals surface area contributed by atoms with E-state index in [-0.39, 0.29) is 11.5 Å². The van der Waals surface area contributed by atoms with E-state index in [2.05, 4.69) is 42.5 Å². The molecule has 2 aromatic heterocycles. The number of rotatable bonds is 3. The van der Waals surface area contributed by atoms with Gasteiger partial charge in [0.1, 0.15) is 11.6 Å². The Labute approximate surface area is 190 Å². The van der Waals surface area contributed by atoms with Crippen LogP contribution in [0.2, 0.25) is 10.0 Å². The highest BCUT2D eigenvalue weighted by atomic mass is 35.5. The lowest BCUT2D eigenvalue weighted by molar-refractivity contribution is 0.281. The molecule has 0 aliphatic carbocycles. The first kappa shape index (κ1) is 20.1. The van der Waals surface area contributed by atoms with E-state index >= 15 is 0 Å². The average molecular weight is 449 g/mol. The van der Waals surface area contributed by atoms with Crippen LogP contribution in [0.15, 0.2) is 66.7 Å². The van der Waals surface area contributed by atoms with Crippen LogP contribution in [0.4, 0.5) is 0 Å². The molecule has 0 radical (unpaired) electrons. The molecule has 0 spiro atoms. The van der Waals surface area contributed by atoms with Crippen molar-refractivity contribution in [1.29, 1.82) is 0 Å². The lowest BCUT2D eigenvalue weighted by atomic mass is 9.85. The summed E-state index contributed by atoms with van der Waals surface area (Å²) >= 11 is 12.7. The van der Waals surface area contributed by atoms with Gasteiger partial charge in [-0.25, -0.2) is 9.97 Å². The number of nitrogens with one attached hydrogen (secondary N) is 1. The smallest absolute Gasteiger partial charge is 0.141 e. The van der Waals surface area contributed by atoms with Crippen molar-refractivity contribution in [3.05, 3.63) is 82.6 Å². The van der Waals surface area contributed by atoms with E-state index in [1.54, 1.807) is 6.07 Å². The highest BCUT2D eigenvalue weighted by molar-refractivity contribution is 6.35. The number of fused-ring (bicyclic) bond motifs is 2. The Morgan fingerprint density at radius 2 is 1.48 bits per heavy atom. The summed E-state index contributed by atoms with van der Waals surface area (Å²) in [6, 6.07) is 21.7. The van der Waals surface area contributed by atoms with Crippen molar-refractivity contribution in [2.24, 2.45) is 5.41 Å². The SMILES string of the molecule is CC(C)(C)C(c1nc2ccccc2[nH]1)n1c(-c2cc(Cl)cc(Cl)c2)nc2ccccc21. The van der Waals surface area contributed by atoms with Gasteiger partial charge >= 0.3 is 0 Å². The van der Waals surface area contributed by atoms with Crippen LogP contribution in [0.25, 0.3) is 33.5 Å². The number of H-pyrrole nitrogens is 1. The van der Waals surface area contributed by atoms with Crippen LogP contribution >= 0.6 is 23.2 Å². The fourth-order valence-corrected chi connectivity index (χ4v) is 4.74. The van der Waals surface area contributed by atoms with Crippen molar-refractivity contribution in [1.82, 2.24) is 19.5 Å². The van der Waals surface area contributed by atoms with Gasteiger partial charge in [-0.2, -0.15) is 0 Å². The highest BCUT2D eigenvalue weighted by Gasteiger charge is 2.34. The van der Waals surface area contributed by atoms with Crippen LogP contribution in [0.5, 0.6) is 0 Å². The normalized spacial score (nSPS) is 13.2. The van der Waals surface area contributed by atoms with Crippen LogP contribution in [-0.4, -0.2) is 19.5 Å². The van der Waals surface area contributed by atoms with Crippen molar-refractivity contribution < 1.29 is 0 Å². The summed E-state index contributed by atoms with van der Waals surface area (Å²) in [4.78, 5) is 13.5. The second-order valence-electron chi connectivity index (χ2n) is 8.86. The van der Waals surface area contributed by atoms with Gasteiger partial charge in [0, 0.05) is 15.6 Å². The monoisotopic (exact) mass is 448 g/mol. The minimum atomic E-state index is -0.158. The first-order valence-electron chi connectivity index (χ1n) is 10.2. The predicted octanol–water partition coefficient (Wildman–Crippen LogP) is 7.52. The molecule has 3 aromatic carbocycles. The maximum Gasteiger partial charge on any atom is 0.141 e. The van der Waals surface area contributed by atoms with Gasteiger partial charge in [0.05, 0.1) is 28.1 Å². The third kappa shape index (κ3) is 3.60. The van der Waals surface area contributed by atoms with Gasteiger partial charge in [-0.05, 0) is 47.9 Å². The first-order chi connectivity index (χ1) is 14.8. The third-order valence-corrected chi connectivity index (χ3v) is 5.90. The molecule has 4 nitrogen and oxygen atoms in total. The molecule has 1 atom stereocenters. The van der Waals surface area contributed by atoms with Gasteiger partial charge in [-0.15, -0.1) is 0 Å². The Balaban J connectivity index is 1.83. The molecule has 31 heavy (non-hydrogen) atoms. The molecule has 0 aliphatic heterocycles. The van der Waals surface area contributed by atoms with Gasteiger partial charge in [0.2, 0.25) is 0 Å². The predicted molar refractivity (Wildman–Crippen MR) is 129 cm³/mol. The average Bonchev–Trinajstić information content (AvgIpc) is 3.28. The minimum Gasteiger partial charge on any atom is -0.340 e. The Morgan fingerprint density at radius 3 is 2.16 bits per heavy atom. The van der Waals surface area contributed by atoms with Crippen LogP contribution in [-0.2, 0) is 0 Å². The second-order valence-corrected chi connectivity index (χ2v) is 9.73. The number of halogens is 2. The standard InChI is InChI=1S/C25H22Cl2N4/c1-25(2,3)22(23-28-18-8-4-5-9-19(18)29-23)31-21-11-7-6-10-20(21)30-24(31)15-12-16(26)14-17(27)13-15/h4-14,22H,1-3H3,(H,28,29). The van der Waals surface area contributed by atoms with Gasteiger partial charge in [0.25, 0.3) is 0 Å². The van der Waals surface area contributed by atoms with Crippen molar-refractivity contribution in [3.63, 3.8) is 0 Å². The molecule has 0 saturated heterocycles. The fourth-order valence-electron chi connectivity index (χ4n) is 4.21. The Hall–Kier alpha value is -2.82. The fraction of sp³-hybridized carbons (Fsp3) is 0.200. The zero-order valence-corrected chi connectivity index (χ0v) is 19.0. The summed E-state index contributed by atoms with van der Waals surface area (Å²) in [6.07, 6.45) is 0. The second kappa shape index (κ2) is 7.40. The molecule has 0 amide bonds. The number of nitrogens with zero attached hydrogens (tertiary/aromatic N) is 3. The Morgan fingerprint density at radius 1 is 0.839 bits per heavy atom. The summed E-state index contributed by atoms with van der Waals surface area (Å²) in [5.41, 5.74) is 4.63. The quantitative estimate of drug-likeness (QED) is 0.310. The number of aromatic nitrogens is 4. The Bertz CT molecular complexity index is 1360. The van der Waals surface area contributed by atoms with Gasteiger partial charge in [-0.1, -0.05) is 68.2 Å². The van der Waals surface area contributed by atoms with E-state index in [0.717, 1.165) is 39.3 Å². The zero-order valence-electron chi connectivity index (χ0n) is 17.5. The largest absolute Gasteiger partial charge is 0.340 e. The van der Waals surface area contributed by atoms with E-state index in [1.807, 2.05) is 48.5 Å². The molecule has 2 heterocycles. The highest BCUT2D eigenvalue weighted by Crippen LogP contribution is 2.41. The lowest BCUT2D eigenvalue weighted by Gasteiger charge is -2.32. The number of para-hydroxylation sites is 4. The van der Waals surface area contributed by atoms with E-state index < -0.39 is 0 Å². The maximum atomic E-state index is 6.35. The summed E-state index contributed by atoms with van der Waals surface area (Å²) in [5.74, 6) is 1.71. The van der Waals surface area contributed by atoms with Crippen molar-refractivity contribution in [3.8, 4) is 11.4 Å². The molecule has 156 valence electrons. The first-order valence-corrected chi connectivity index (χ1v) is 10.9. The summed E-state index contributed by atoms with van der Waals surface area (Å²) < 4.78 is 2.26. The van der Waals surface area contributed by atoms with Crippen LogP contribution < -0.4 is 0 Å². The van der Waals surface area contributed by atoms with Crippen molar-refractivity contribution >= 4 is 45.3 Å². The van der Waals surface area contributed by atoms with Crippen molar-refractivity contribution in [2.45, 2.75) is 26.8 Å². The van der Waals surface area contributed by atoms with Gasteiger partial charge in [0.15, 0.2) is 0 Å². The minimum absolute atomic E-state index is 0.0972. The molecular formula is C25H22Cl2N4. The van der Waals surface area contributed by atoms with E-state index in [1.165, 1.54) is 0 Å². The topological polar surface area (TPSA) is 46.5 Å². The molecular weight excluding hydrogens is 427 g/mol. The van der Waals surface area contributed by atoms with E-state index in [9.17, 15) is 0 Å². The van der Waals surface area contributed by atoms with E-state index in [4.69, 9.17) is 33.2 Å². The van der Waals surface area contributed by atoms with Crippen LogP contribution in [0.3, 0.4) is 0 Å². The number of hydrogen-bond donors (Lipinski definition) is 1. The van der Waals surface area contributed by atoms with Crippen molar-refractivity contribution in [2.75, 3.05) is 0 Å². The molecule has 1 unspecified atom stereocenters. The Kier molecular flexibility index (Phi) is 4.80. The van der Waals surface area contributed by atoms with Gasteiger partial charge < -0.3 is 9.55 Å². The molecule has 0 aliphatic rings. The number of benzene rings is 3. The molecule has 0 bridgehead atoms. The lowest BCUT2D eigenvalue weighted by Crippen LogP contribution is -2.27. The summed E-state index contributed by atoms with van der Waals surface area (Å²) in [5, 5.41) is 1.16. The maximum absolute atomic E-state index is 6.35. The van der Waals surface area contributed by atoms with E-state index in [0.29, 0.717) is 10.0 Å². The summed E-state index contributed by atoms with van der Waals surface area (Å²) in [7, 11) is 0. The number of imidazole rings is 2. The molecule has 6 heteroatoms. The van der Waals surface area contributed by atoms with Crippen LogP contribution in [0.1, 0.15) is 32.6 Å². The third-order valence-electron chi connectivity index (χ3n) is 5.46. The van der Waals surface area contributed by atoms with Crippen LogP contribution in [0, 0.1) is 5.41 Å². The molecule has 1 N–H and O–H groups in total. The number of hydrogen-bond acceptors (Lipinski definition) is 2. The number of aromatic amines is 1. The zero-order chi connectivity index (χ0) is 21.8. The molecule has 5 aromatic rings. The summed E-state index contributed by atoms with van der Waals surface area (Å²) in [6.45, 7) is 6.65.